The molecule has 1 unspecified atom stereocenters. The molecule has 7 heteroatoms. The van der Waals surface area contributed by atoms with E-state index in [0.29, 0.717) is 6.54 Å². The van der Waals surface area contributed by atoms with Crippen LogP contribution in [0.25, 0.3) is 0 Å². The van der Waals surface area contributed by atoms with Gasteiger partial charge in [0, 0.05) is 25.2 Å². The Labute approximate surface area is 167 Å². The lowest BCUT2D eigenvalue weighted by Crippen LogP contribution is -2.58. The van der Waals surface area contributed by atoms with Gasteiger partial charge in [-0.05, 0) is 31.4 Å². The molecule has 1 aliphatic rings. The van der Waals surface area contributed by atoms with Gasteiger partial charge in [0.2, 0.25) is 0 Å². The molecule has 0 saturated carbocycles. The smallest absolute Gasteiger partial charge is 0.315 e. The zero-order valence-electron chi connectivity index (χ0n) is 17.7. The average Bonchev–Trinajstić information content (AvgIpc) is 2.64. The number of benzene rings is 1. The fourth-order valence-electron chi connectivity index (χ4n) is 3.03. The Morgan fingerprint density at radius 3 is 2.46 bits per heavy atom. The highest BCUT2D eigenvalue weighted by Crippen LogP contribution is 2.22. The maximum absolute atomic E-state index is 13.8. The average molecular weight is 396 g/mol. The third kappa shape index (κ3) is 6.63. The molecule has 1 heterocycles. The van der Waals surface area contributed by atoms with Crippen molar-refractivity contribution >= 4 is 6.03 Å². The number of carbonyl (C=O) groups is 1. The number of ether oxygens (including phenoxy) is 2. The molecular weight excluding hydrogens is 361 g/mol. The molecule has 158 valence electrons. The third-order valence-electron chi connectivity index (χ3n) is 5.14. The second-order valence-electron chi connectivity index (χ2n) is 8.90. The van der Waals surface area contributed by atoms with Gasteiger partial charge in [-0.15, -0.1) is 0 Å². The summed E-state index contributed by atoms with van der Waals surface area (Å²) < 4.78 is 24.8. The van der Waals surface area contributed by atoms with E-state index in [1.165, 1.54) is 6.07 Å². The summed E-state index contributed by atoms with van der Waals surface area (Å²) in [6.45, 7) is 14.1. The molecule has 1 aromatic rings. The summed E-state index contributed by atoms with van der Waals surface area (Å²) in [7, 11) is 0. The second-order valence-corrected chi connectivity index (χ2v) is 8.90. The number of morpholine rings is 1. The van der Waals surface area contributed by atoms with Gasteiger partial charge in [-0.1, -0.05) is 32.9 Å². The van der Waals surface area contributed by atoms with Crippen molar-refractivity contribution < 1.29 is 18.7 Å². The molecule has 0 spiro atoms. The normalized spacial score (nSPS) is 17.1. The van der Waals surface area contributed by atoms with Crippen LogP contribution in [-0.2, 0) is 4.74 Å². The minimum Gasteiger partial charge on any atom is -0.488 e. The Bertz CT molecular complexity index is 640. The van der Waals surface area contributed by atoms with Crippen LogP contribution < -0.4 is 15.4 Å². The summed E-state index contributed by atoms with van der Waals surface area (Å²) in [6.07, 6.45) is 0. The largest absolute Gasteiger partial charge is 0.488 e. The van der Waals surface area contributed by atoms with Crippen molar-refractivity contribution in [2.24, 2.45) is 5.41 Å². The van der Waals surface area contributed by atoms with Crippen molar-refractivity contribution in [2.45, 2.75) is 46.2 Å². The van der Waals surface area contributed by atoms with Crippen molar-refractivity contribution in [1.29, 1.82) is 0 Å². The van der Waals surface area contributed by atoms with E-state index in [1.54, 1.807) is 18.2 Å². The number of halogens is 1. The highest BCUT2D eigenvalue weighted by molar-refractivity contribution is 5.74. The van der Waals surface area contributed by atoms with E-state index in [1.807, 2.05) is 20.8 Å². The van der Waals surface area contributed by atoms with Gasteiger partial charge in [0.25, 0.3) is 0 Å². The Hall–Kier alpha value is -1.86. The molecule has 2 rings (SSSR count). The van der Waals surface area contributed by atoms with Crippen LogP contribution >= 0.6 is 0 Å². The lowest BCUT2D eigenvalue weighted by atomic mass is 9.87. The number of carbonyl (C=O) groups excluding carboxylic acids is 1. The van der Waals surface area contributed by atoms with Gasteiger partial charge in [-0.3, -0.25) is 4.90 Å². The maximum Gasteiger partial charge on any atom is 0.315 e. The summed E-state index contributed by atoms with van der Waals surface area (Å²) in [4.78, 5) is 14.8. The highest BCUT2D eigenvalue weighted by Gasteiger charge is 2.30. The number of para-hydroxylation sites is 1. The first-order valence-electron chi connectivity index (χ1n) is 9.84. The minimum atomic E-state index is -0.410. The lowest BCUT2D eigenvalue weighted by Gasteiger charge is -2.41. The molecule has 1 atom stereocenters. The fourth-order valence-corrected chi connectivity index (χ4v) is 3.03. The molecule has 2 amide bonds. The molecule has 0 bridgehead atoms. The van der Waals surface area contributed by atoms with E-state index >= 15 is 0 Å². The molecule has 1 aliphatic heterocycles. The maximum atomic E-state index is 13.8. The summed E-state index contributed by atoms with van der Waals surface area (Å²) in [5.41, 5.74) is -0.412. The number of nitrogens with one attached hydrogen (secondary N) is 2. The van der Waals surface area contributed by atoms with Gasteiger partial charge in [0.05, 0.1) is 19.3 Å². The molecule has 0 aromatic heterocycles. The van der Waals surface area contributed by atoms with E-state index in [-0.39, 0.29) is 35.4 Å². The summed E-state index contributed by atoms with van der Waals surface area (Å²) in [6, 6.07) is 5.75. The number of nitrogens with zero attached hydrogens (tertiary/aromatic N) is 1. The topological polar surface area (TPSA) is 62.8 Å². The van der Waals surface area contributed by atoms with E-state index in [9.17, 15) is 9.18 Å². The monoisotopic (exact) mass is 395 g/mol. The zero-order chi connectivity index (χ0) is 20.8. The first-order valence-corrected chi connectivity index (χ1v) is 9.84. The predicted octanol–water partition coefficient (Wildman–Crippen LogP) is 3.03. The Balaban J connectivity index is 1.89. The number of urea groups is 1. The van der Waals surface area contributed by atoms with Crippen LogP contribution in [0.3, 0.4) is 0 Å². The van der Waals surface area contributed by atoms with Crippen molar-refractivity contribution in [3.05, 3.63) is 30.1 Å². The Morgan fingerprint density at radius 1 is 1.21 bits per heavy atom. The van der Waals surface area contributed by atoms with Crippen molar-refractivity contribution in [1.82, 2.24) is 15.5 Å². The number of rotatable bonds is 7. The fraction of sp³-hybridized carbons (Fsp3) is 0.667. The molecule has 0 radical (unpaired) electrons. The lowest BCUT2D eigenvalue weighted by molar-refractivity contribution is -0.00881. The summed E-state index contributed by atoms with van der Waals surface area (Å²) >= 11 is 0. The second kappa shape index (κ2) is 9.56. The zero-order valence-corrected chi connectivity index (χ0v) is 17.7. The van der Waals surface area contributed by atoms with Crippen LogP contribution in [0.5, 0.6) is 5.75 Å². The summed E-state index contributed by atoms with van der Waals surface area (Å²) in [5.74, 6) is -0.223. The van der Waals surface area contributed by atoms with E-state index in [4.69, 9.17) is 9.47 Å². The van der Waals surface area contributed by atoms with E-state index in [0.717, 1.165) is 26.3 Å². The molecule has 1 aromatic carbocycles. The molecule has 0 aliphatic carbocycles. The van der Waals surface area contributed by atoms with Crippen molar-refractivity contribution in [3.8, 4) is 5.75 Å². The SMILES string of the molecule is CC(C)(C)C(COc1ccccc1F)NC(=O)NCC(C)(C)N1CCOCC1. The molecule has 1 saturated heterocycles. The highest BCUT2D eigenvalue weighted by atomic mass is 19.1. The van der Waals surface area contributed by atoms with Crippen LogP contribution in [0.15, 0.2) is 24.3 Å². The number of hydrogen-bond donors (Lipinski definition) is 2. The van der Waals surface area contributed by atoms with Gasteiger partial charge in [-0.25, -0.2) is 9.18 Å². The van der Waals surface area contributed by atoms with Crippen LogP contribution in [0, 0.1) is 11.2 Å². The van der Waals surface area contributed by atoms with Crippen LogP contribution in [0.4, 0.5) is 9.18 Å². The first kappa shape index (κ1) is 22.4. The minimum absolute atomic E-state index is 0.165. The molecule has 2 N–H and O–H groups in total. The Morgan fingerprint density at radius 2 is 1.86 bits per heavy atom. The van der Waals surface area contributed by atoms with Gasteiger partial charge >= 0.3 is 6.03 Å². The van der Waals surface area contributed by atoms with E-state index in [2.05, 4.69) is 29.4 Å². The van der Waals surface area contributed by atoms with Gasteiger partial charge in [-0.2, -0.15) is 0 Å². The Kier molecular flexibility index (Phi) is 7.66. The van der Waals surface area contributed by atoms with Crippen LogP contribution in [0.1, 0.15) is 34.6 Å². The van der Waals surface area contributed by atoms with Gasteiger partial charge in [0.15, 0.2) is 11.6 Å². The quantitative estimate of drug-likeness (QED) is 0.745. The van der Waals surface area contributed by atoms with Crippen LogP contribution in [-0.4, -0.2) is 62.0 Å². The van der Waals surface area contributed by atoms with E-state index < -0.39 is 5.82 Å². The van der Waals surface area contributed by atoms with Crippen molar-refractivity contribution in [2.75, 3.05) is 39.5 Å². The molecular formula is C21H34FN3O3. The number of amides is 2. The van der Waals surface area contributed by atoms with Gasteiger partial charge in [0.1, 0.15) is 6.61 Å². The third-order valence-corrected chi connectivity index (χ3v) is 5.14. The number of hydrogen-bond acceptors (Lipinski definition) is 4. The van der Waals surface area contributed by atoms with Crippen LogP contribution in [0.2, 0.25) is 0 Å². The summed E-state index contributed by atoms with van der Waals surface area (Å²) in [5, 5.41) is 5.95. The van der Waals surface area contributed by atoms with Gasteiger partial charge < -0.3 is 20.1 Å². The molecule has 6 nitrogen and oxygen atoms in total. The predicted molar refractivity (Wildman–Crippen MR) is 108 cm³/mol. The molecule has 28 heavy (non-hydrogen) atoms. The first-order chi connectivity index (χ1) is 13.1. The van der Waals surface area contributed by atoms with Crippen molar-refractivity contribution in [3.63, 3.8) is 0 Å². The molecule has 1 fully saturated rings. The standard InChI is InChI=1S/C21H34FN3O3/c1-20(2,3)18(14-28-17-9-7-6-8-16(17)22)24-19(26)23-15-21(4,5)25-10-12-27-13-11-25/h6-9,18H,10-15H2,1-5H3,(H2,23,24,26).